The van der Waals surface area contributed by atoms with Crippen molar-refractivity contribution in [1.29, 1.82) is 0 Å². The highest BCUT2D eigenvalue weighted by Gasteiger charge is 2.38. The Kier molecular flexibility index (Phi) is 4.32. The van der Waals surface area contributed by atoms with Gasteiger partial charge in [0.2, 0.25) is 0 Å². The molecule has 0 fully saturated rings. The SMILES string of the molecule is Cc1c(NCCc2ccccc2F)nn2c(C(F)(F)F)nnc2c1C. The van der Waals surface area contributed by atoms with E-state index in [1.807, 2.05) is 0 Å². The molecule has 5 nitrogen and oxygen atoms in total. The molecule has 3 aromatic rings. The number of hydrogen-bond donors (Lipinski definition) is 1. The number of anilines is 1. The highest BCUT2D eigenvalue weighted by atomic mass is 19.4. The number of aryl methyl sites for hydroxylation is 1. The first-order chi connectivity index (χ1) is 11.8. The van der Waals surface area contributed by atoms with E-state index in [1.165, 1.54) is 6.07 Å². The fraction of sp³-hybridized carbons (Fsp3) is 0.312. The highest BCUT2D eigenvalue weighted by molar-refractivity contribution is 5.58. The molecule has 3 rings (SSSR count). The van der Waals surface area contributed by atoms with Crippen LogP contribution in [0.3, 0.4) is 0 Å². The summed E-state index contributed by atoms with van der Waals surface area (Å²) in [6.07, 6.45) is -4.28. The summed E-state index contributed by atoms with van der Waals surface area (Å²) in [5, 5.41) is 13.7. The molecule has 25 heavy (non-hydrogen) atoms. The number of alkyl halides is 3. The smallest absolute Gasteiger partial charge is 0.368 e. The van der Waals surface area contributed by atoms with E-state index < -0.39 is 12.0 Å². The zero-order chi connectivity index (χ0) is 18.2. The van der Waals surface area contributed by atoms with Crippen molar-refractivity contribution in [1.82, 2.24) is 19.8 Å². The van der Waals surface area contributed by atoms with Crippen molar-refractivity contribution in [2.45, 2.75) is 26.4 Å². The van der Waals surface area contributed by atoms with Gasteiger partial charge in [0.15, 0.2) is 5.65 Å². The van der Waals surface area contributed by atoms with Crippen LogP contribution in [0, 0.1) is 19.7 Å². The van der Waals surface area contributed by atoms with Crippen LogP contribution in [0.4, 0.5) is 23.4 Å². The van der Waals surface area contributed by atoms with Crippen molar-refractivity contribution >= 4 is 11.5 Å². The van der Waals surface area contributed by atoms with Crippen LogP contribution in [0.2, 0.25) is 0 Å². The van der Waals surface area contributed by atoms with Crippen LogP contribution >= 0.6 is 0 Å². The minimum absolute atomic E-state index is 0.0597. The quantitative estimate of drug-likeness (QED) is 0.729. The van der Waals surface area contributed by atoms with Crippen molar-refractivity contribution < 1.29 is 17.6 Å². The van der Waals surface area contributed by atoms with Crippen molar-refractivity contribution in [2.24, 2.45) is 0 Å². The van der Waals surface area contributed by atoms with Gasteiger partial charge in [0.1, 0.15) is 11.6 Å². The summed E-state index contributed by atoms with van der Waals surface area (Å²) in [6.45, 7) is 3.71. The summed E-state index contributed by atoms with van der Waals surface area (Å²) in [6, 6.07) is 6.35. The molecule has 0 radical (unpaired) electrons. The molecule has 0 aliphatic heterocycles. The van der Waals surface area contributed by atoms with E-state index in [1.54, 1.807) is 32.0 Å². The van der Waals surface area contributed by atoms with E-state index in [0.717, 1.165) is 0 Å². The van der Waals surface area contributed by atoms with Crippen molar-refractivity contribution in [3.8, 4) is 0 Å². The van der Waals surface area contributed by atoms with E-state index in [0.29, 0.717) is 34.2 Å². The maximum absolute atomic E-state index is 13.6. The molecule has 0 saturated heterocycles. The molecule has 0 saturated carbocycles. The van der Waals surface area contributed by atoms with Gasteiger partial charge in [-0.1, -0.05) is 18.2 Å². The van der Waals surface area contributed by atoms with Crippen molar-refractivity contribution in [3.63, 3.8) is 0 Å². The maximum atomic E-state index is 13.6. The first-order valence-corrected chi connectivity index (χ1v) is 7.56. The van der Waals surface area contributed by atoms with Gasteiger partial charge < -0.3 is 5.32 Å². The monoisotopic (exact) mass is 353 g/mol. The first-order valence-electron chi connectivity index (χ1n) is 7.56. The van der Waals surface area contributed by atoms with Gasteiger partial charge in [0, 0.05) is 12.1 Å². The van der Waals surface area contributed by atoms with Gasteiger partial charge in [0.25, 0.3) is 5.82 Å². The number of halogens is 4. The second kappa shape index (κ2) is 6.30. The lowest BCUT2D eigenvalue weighted by atomic mass is 10.1. The summed E-state index contributed by atoms with van der Waals surface area (Å²) in [5.74, 6) is -1.21. The van der Waals surface area contributed by atoms with E-state index in [-0.39, 0.29) is 17.3 Å². The summed E-state index contributed by atoms with van der Waals surface area (Å²) < 4.78 is 53.3. The Morgan fingerprint density at radius 2 is 1.80 bits per heavy atom. The standard InChI is InChI=1S/C16H15F4N5/c1-9-10(2)14-22-23-15(16(18,19)20)25(14)24-13(9)21-8-7-11-5-3-4-6-12(11)17/h3-6H,7-8H2,1-2H3,(H,21,24). The zero-order valence-corrected chi connectivity index (χ0v) is 13.5. The zero-order valence-electron chi connectivity index (χ0n) is 13.5. The normalized spacial score (nSPS) is 11.9. The largest absolute Gasteiger partial charge is 0.453 e. The third kappa shape index (κ3) is 3.26. The lowest BCUT2D eigenvalue weighted by Gasteiger charge is -2.12. The topological polar surface area (TPSA) is 55.1 Å². The maximum Gasteiger partial charge on any atom is 0.453 e. The van der Waals surface area contributed by atoms with E-state index >= 15 is 0 Å². The van der Waals surface area contributed by atoms with Gasteiger partial charge in [0.05, 0.1) is 0 Å². The summed E-state index contributed by atoms with van der Waals surface area (Å²) >= 11 is 0. The minimum Gasteiger partial charge on any atom is -0.368 e. The summed E-state index contributed by atoms with van der Waals surface area (Å²) in [5.41, 5.74) is 1.80. The summed E-state index contributed by atoms with van der Waals surface area (Å²) in [4.78, 5) is 0. The molecule has 1 aromatic carbocycles. The van der Waals surface area contributed by atoms with Gasteiger partial charge in [-0.05, 0) is 37.5 Å². The van der Waals surface area contributed by atoms with Crippen LogP contribution in [-0.2, 0) is 12.6 Å². The third-order valence-corrected chi connectivity index (χ3v) is 3.99. The molecule has 0 amide bonds. The molecule has 9 heteroatoms. The summed E-state index contributed by atoms with van der Waals surface area (Å²) in [7, 11) is 0. The second-order valence-corrected chi connectivity index (χ2v) is 5.62. The Hall–Kier alpha value is -2.71. The van der Waals surface area contributed by atoms with Crippen molar-refractivity contribution in [2.75, 3.05) is 11.9 Å². The molecule has 0 unspecified atom stereocenters. The molecule has 0 spiro atoms. The lowest BCUT2D eigenvalue weighted by Crippen LogP contribution is -2.16. The number of nitrogens with zero attached hydrogens (tertiary/aromatic N) is 4. The van der Waals surface area contributed by atoms with Crippen LogP contribution < -0.4 is 5.32 Å². The fourth-order valence-corrected chi connectivity index (χ4v) is 2.49. The molecule has 0 aliphatic carbocycles. The minimum atomic E-state index is -4.65. The third-order valence-electron chi connectivity index (χ3n) is 3.99. The molecule has 0 bridgehead atoms. The van der Waals surface area contributed by atoms with Crippen LogP contribution in [0.5, 0.6) is 0 Å². The molecule has 1 N–H and O–H groups in total. The van der Waals surface area contributed by atoms with Gasteiger partial charge in [-0.15, -0.1) is 15.3 Å². The molecular formula is C16H15F4N5. The molecular weight excluding hydrogens is 338 g/mol. The fourth-order valence-electron chi connectivity index (χ4n) is 2.49. The van der Waals surface area contributed by atoms with Crippen LogP contribution in [0.1, 0.15) is 22.5 Å². The Balaban J connectivity index is 1.88. The predicted octanol–water partition coefficient (Wildman–Crippen LogP) is 3.55. The van der Waals surface area contributed by atoms with Crippen LogP contribution in [0.15, 0.2) is 24.3 Å². The molecule has 132 valence electrons. The van der Waals surface area contributed by atoms with E-state index in [9.17, 15) is 17.6 Å². The van der Waals surface area contributed by atoms with E-state index in [2.05, 4.69) is 20.6 Å². The average molecular weight is 353 g/mol. The van der Waals surface area contributed by atoms with E-state index in [4.69, 9.17) is 0 Å². The predicted molar refractivity (Wildman–Crippen MR) is 83.9 cm³/mol. The van der Waals surface area contributed by atoms with Gasteiger partial charge in [-0.25, -0.2) is 4.39 Å². The second-order valence-electron chi connectivity index (χ2n) is 5.62. The van der Waals surface area contributed by atoms with Crippen molar-refractivity contribution in [3.05, 3.63) is 52.6 Å². The number of nitrogens with one attached hydrogen (secondary N) is 1. The lowest BCUT2D eigenvalue weighted by molar-refractivity contribution is -0.146. The Bertz CT molecular complexity index is 917. The molecule has 0 atom stereocenters. The number of rotatable bonds is 4. The number of hydrogen-bond acceptors (Lipinski definition) is 4. The Morgan fingerprint density at radius 3 is 2.48 bits per heavy atom. The Labute approximate surface area is 140 Å². The molecule has 0 aliphatic rings. The number of benzene rings is 1. The van der Waals surface area contributed by atoms with Crippen LogP contribution in [0.25, 0.3) is 5.65 Å². The highest BCUT2D eigenvalue weighted by Crippen LogP contribution is 2.29. The molecule has 2 heterocycles. The number of aromatic nitrogens is 4. The first kappa shape index (κ1) is 17.1. The van der Waals surface area contributed by atoms with Crippen LogP contribution in [-0.4, -0.2) is 26.4 Å². The van der Waals surface area contributed by atoms with Gasteiger partial charge in [-0.2, -0.15) is 17.7 Å². The Morgan fingerprint density at radius 1 is 1.08 bits per heavy atom. The van der Waals surface area contributed by atoms with Gasteiger partial charge in [-0.3, -0.25) is 0 Å². The molecule has 2 aromatic heterocycles. The number of fused-ring (bicyclic) bond motifs is 1. The average Bonchev–Trinajstić information content (AvgIpc) is 2.98. The van der Waals surface area contributed by atoms with Gasteiger partial charge >= 0.3 is 6.18 Å².